The van der Waals surface area contributed by atoms with Crippen LogP contribution in [0.3, 0.4) is 0 Å². The molecule has 1 aliphatic heterocycles. The summed E-state index contributed by atoms with van der Waals surface area (Å²) >= 11 is 3.44. The van der Waals surface area contributed by atoms with Crippen LogP contribution in [-0.4, -0.2) is 26.3 Å². The van der Waals surface area contributed by atoms with Crippen LogP contribution in [0.4, 0.5) is 6.01 Å². The minimum absolute atomic E-state index is 0.641. The van der Waals surface area contributed by atoms with Crippen LogP contribution in [0.15, 0.2) is 33.4 Å². The Morgan fingerprint density at radius 3 is 3.16 bits per heavy atom. The van der Waals surface area contributed by atoms with Crippen LogP contribution in [0, 0.1) is 0 Å². The first-order valence-electron chi connectivity index (χ1n) is 5.97. The Morgan fingerprint density at radius 1 is 1.26 bits per heavy atom. The largest absolute Gasteiger partial charge is 0.423 e. The molecule has 19 heavy (non-hydrogen) atoms. The van der Waals surface area contributed by atoms with Crippen molar-refractivity contribution in [3.05, 3.63) is 34.8 Å². The molecule has 0 amide bonds. The van der Waals surface area contributed by atoms with E-state index in [1.165, 1.54) is 0 Å². The van der Waals surface area contributed by atoms with Crippen molar-refractivity contribution in [2.45, 2.75) is 13.1 Å². The van der Waals surface area contributed by atoms with Crippen molar-refractivity contribution >= 4 is 33.0 Å². The molecule has 0 bridgehead atoms. The lowest BCUT2D eigenvalue weighted by Crippen LogP contribution is -2.34. The van der Waals surface area contributed by atoms with E-state index in [0.717, 1.165) is 34.5 Å². The second kappa shape index (κ2) is 4.06. The first-order chi connectivity index (χ1) is 9.29. The van der Waals surface area contributed by atoms with E-state index in [2.05, 4.69) is 35.9 Å². The predicted molar refractivity (Wildman–Crippen MR) is 72.8 cm³/mol. The Balaban J connectivity index is 1.71. The highest BCUT2D eigenvalue weighted by molar-refractivity contribution is 9.10. The van der Waals surface area contributed by atoms with Crippen molar-refractivity contribution in [2.75, 3.05) is 11.4 Å². The van der Waals surface area contributed by atoms with Gasteiger partial charge >= 0.3 is 0 Å². The molecule has 0 atom stereocenters. The summed E-state index contributed by atoms with van der Waals surface area (Å²) in [6.07, 6.45) is 1.59. The molecule has 1 aliphatic rings. The van der Waals surface area contributed by atoms with Gasteiger partial charge in [-0.15, -0.1) is 0 Å². The molecule has 6 nitrogen and oxygen atoms in total. The van der Waals surface area contributed by atoms with E-state index in [1.54, 1.807) is 6.33 Å². The van der Waals surface area contributed by atoms with Gasteiger partial charge in [0, 0.05) is 11.0 Å². The number of oxazole rings is 1. The van der Waals surface area contributed by atoms with Crippen molar-refractivity contribution in [2.24, 2.45) is 0 Å². The van der Waals surface area contributed by atoms with Crippen LogP contribution in [0.2, 0.25) is 0 Å². The number of aromatic nitrogens is 4. The summed E-state index contributed by atoms with van der Waals surface area (Å²) in [6.45, 7) is 2.30. The van der Waals surface area contributed by atoms with Gasteiger partial charge in [-0.2, -0.15) is 10.1 Å². The average Bonchev–Trinajstić information content (AvgIpc) is 3.02. The third-order valence-corrected chi connectivity index (χ3v) is 3.71. The molecule has 3 aromatic rings. The predicted octanol–water partition coefficient (Wildman–Crippen LogP) is 2.20. The van der Waals surface area contributed by atoms with Gasteiger partial charge in [0.25, 0.3) is 6.01 Å². The Hall–Kier alpha value is -1.89. The molecule has 1 aromatic carbocycles. The van der Waals surface area contributed by atoms with Gasteiger partial charge in [0.2, 0.25) is 0 Å². The first kappa shape index (κ1) is 11.0. The number of hydrogen-bond acceptors (Lipinski definition) is 5. The van der Waals surface area contributed by atoms with E-state index in [-0.39, 0.29) is 0 Å². The van der Waals surface area contributed by atoms with E-state index < -0.39 is 0 Å². The standard InChI is InChI=1S/C12H10BrN5O/c13-8-1-2-10-9(5-8)16-12(19-10)17-3-4-18-11(6-17)14-7-15-18/h1-2,5,7H,3-4,6H2. The minimum Gasteiger partial charge on any atom is -0.423 e. The molecule has 0 unspecified atom stereocenters. The molecule has 0 saturated carbocycles. The summed E-state index contributed by atoms with van der Waals surface area (Å²) in [6, 6.07) is 6.46. The topological polar surface area (TPSA) is 60.0 Å². The molecule has 0 N–H and O–H groups in total. The smallest absolute Gasteiger partial charge is 0.298 e. The van der Waals surface area contributed by atoms with E-state index in [1.807, 2.05) is 22.9 Å². The molecule has 0 aliphatic carbocycles. The van der Waals surface area contributed by atoms with Gasteiger partial charge in [0.05, 0.1) is 13.1 Å². The zero-order chi connectivity index (χ0) is 12.8. The molecule has 0 saturated heterocycles. The van der Waals surface area contributed by atoms with Crippen LogP contribution < -0.4 is 4.90 Å². The third kappa shape index (κ3) is 1.81. The summed E-state index contributed by atoms with van der Waals surface area (Å²) in [4.78, 5) is 10.8. The maximum atomic E-state index is 5.79. The lowest BCUT2D eigenvalue weighted by molar-refractivity contribution is 0.474. The van der Waals surface area contributed by atoms with Gasteiger partial charge in [-0.25, -0.2) is 9.67 Å². The first-order valence-corrected chi connectivity index (χ1v) is 6.76. The minimum atomic E-state index is 0.641. The number of fused-ring (bicyclic) bond motifs is 2. The van der Waals surface area contributed by atoms with Gasteiger partial charge < -0.3 is 9.32 Å². The Kier molecular flexibility index (Phi) is 2.34. The number of halogens is 1. The van der Waals surface area contributed by atoms with Gasteiger partial charge in [0.15, 0.2) is 5.58 Å². The molecular weight excluding hydrogens is 310 g/mol. The number of rotatable bonds is 1. The van der Waals surface area contributed by atoms with Gasteiger partial charge in [-0.1, -0.05) is 15.9 Å². The number of anilines is 1. The van der Waals surface area contributed by atoms with Gasteiger partial charge in [-0.05, 0) is 18.2 Å². The third-order valence-electron chi connectivity index (χ3n) is 3.22. The van der Waals surface area contributed by atoms with E-state index in [0.29, 0.717) is 12.6 Å². The maximum absolute atomic E-state index is 5.79. The molecule has 0 radical (unpaired) electrons. The van der Waals surface area contributed by atoms with Gasteiger partial charge in [0.1, 0.15) is 17.7 Å². The summed E-state index contributed by atoms with van der Waals surface area (Å²) in [7, 11) is 0. The zero-order valence-electron chi connectivity index (χ0n) is 9.95. The van der Waals surface area contributed by atoms with Gasteiger partial charge in [-0.3, -0.25) is 0 Å². The summed E-state index contributed by atoms with van der Waals surface area (Å²) in [5, 5.41) is 4.16. The molecule has 7 heteroatoms. The number of hydrogen-bond donors (Lipinski definition) is 0. The Morgan fingerprint density at radius 2 is 2.21 bits per heavy atom. The van der Waals surface area contributed by atoms with E-state index >= 15 is 0 Å². The molecular formula is C12H10BrN5O. The van der Waals surface area contributed by atoms with Crippen molar-refractivity contribution in [1.82, 2.24) is 19.7 Å². The van der Waals surface area contributed by atoms with Crippen molar-refractivity contribution in [3.63, 3.8) is 0 Å². The lowest BCUT2D eigenvalue weighted by Gasteiger charge is -2.24. The second-order valence-electron chi connectivity index (χ2n) is 4.43. The summed E-state index contributed by atoms with van der Waals surface area (Å²) < 4.78 is 8.70. The van der Waals surface area contributed by atoms with Crippen molar-refractivity contribution in [3.8, 4) is 0 Å². The van der Waals surface area contributed by atoms with Crippen LogP contribution in [-0.2, 0) is 13.1 Å². The molecule has 0 fully saturated rings. The maximum Gasteiger partial charge on any atom is 0.298 e. The second-order valence-corrected chi connectivity index (χ2v) is 5.35. The SMILES string of the molecule is Brc1ccc2oc(N3CCn4ncnc4C3)nc2c1. The molecule has 2 aromatic heterocycles. The van der Waals surface area contributed by atoms with Crippen LogP contribution in [0.5, 0.6) is 0 Å². The molecule has 0 spiro atoms. The Bertz CT molecular complexity index is 750. The lowest BCUT2D eigenvalue weighted by atomic mass is 10.3. The number of benzene rings is 1. The highest BCUT2D eigenvalue weighted by atomic mass is 79.9. The number of nitrogens with zero attached hydrogens (tertiary/aromatic N) is 5. The van der Waals surface area contributed by atoms with Crippen molar-refractivity contribution < 1.29 is 4.42 Å². The quantitative estimate of drug-likeness (QED) is 0.688. The molecule has 4 rings (SSSR count). The molecule has 96 valence electrons. The fourth-order valence-corrected chi connectivity index (χ4v) is 2.60. The fourth-order valence-electron chi connectivity index (χ4n) is 2.25. The van der Waals surface area contributed by atoms with E-state index in [4.69, 9.17) is 4.42 Å². The fraction of sp³-hybridized carbons (Fsp3) is 0.250. The Labute approximate surface area is 117 Å². The van der Waals surface area contributed by atoms with E-state index in [9.17, 15) is 0 Å². The average molecular weight is 320 g/mol. The highest BCUT2D eigenvalue weighted by Gasteiger charge is 2.21. The summed E-state index contributed by atoms with van der Waals surface area (Å²) in [5.74, 6) is 0.940. The van der Waals surface area contributed by atoms with Crippen molar-refractivity contribution in [1.29, 1.82) is 0 Å². The van der Waals surface area contributed by atoms with Crippen LogP contribution in [0.25, 0.3) is 11.1 Å². The summed E-state index contributed by atoms with van der Waals surface area (Å²) in [5.41, 5.74) is 1.65. The highest BCUT2D eigenvalue weighted by Crippen LogP contribution is 2.26. The zero-order valence-corrected chi connectivity index (χ0v) is 11.5. The molecule has 3 heterocycles. The normalized spacial score (nSPS) is 14.9. The van der Waals surface area contributed by atoms with Crippen LogP contribution in [0.1, 0.15) is 5.82 Å². The monoisotopic (exact) mass is 319 g/mol. The van der Waals surface area contributed by atoms with Crippen LogP contribution >= 0.6 is 15.9 Å².